The molecule has 1 aromatic heterocycles. The van der Waals surface area contributed by atoms with E-state index in [0.29, 0.717) is 6.07 Å². The number of aromatic nitrogens is 1. The average molecular weight is 339 g/mol. The minimum Gasteiger partial charge on any atom is -0.384 e. The van der Waals surface area contributed by atoms with Gasteiger partial charge in [-0.25, -0.2) is 0 Å². The zero-order valence-electron chi connectivity index (χ0n) is 11.1. The molecule has 0 spiro atoms. The smallest absolute Gasteiger partial charge is 0.384 e. The van der Waals surface area contributed by atoms with Gasteiger partial charge in [-0.3, -0.25) is 4.79 Å². The van der Waals surface area contributed by atoms with Crippen LogP contribution in [0.5, 0.6) is 0 Å². The molecule has 1 heterocycles. The second-order valence-electron chi connectivity index (χ2n) is 4.41. The van der Waals surface area contributed by atoms with Crippen molar-refractivity contribution in [3.63, 3.8) is 0 Å². The maximum Gasteiger partial charge on any atom is 0.417 e. The Morgan fingerprint density at radius 2 is 1.78 bits per heavy atom. The number of H-pyrrole nitrogens is 1. The Morgan fingerprint density at radius 3 is 2.30 bits per heavy atom. The Balaban J connectivity index is 2.91. The summed E-state index contributed by atoms with van der Waals surface area (Å²) in [5.74, 6) is -0.338. The number of benzene rings is 1. The van der Waals surface area contributed by atoms with E-state index < -0.39 is 27.9 Å². The molecule has 0 unspecified atom stereocenters. The monoisotopic (exact) mass is 338 g/mol. The van der Waals surface area contributed by atoms with Crippen LogP contribution < -0.4 is 11.3 Å². The van der Waals surface area contributed by atoms with Crippen LogP contribution in [0.2, 0.25) is 5.02 Å². The number of nitrogens with one attached hydrogen (secondary N) is 1. The largest absolute Gasteiger partial charge is 0.417 e. The number of alkyl halides is 3. The molecule has 9 heteroatoms. The van der Waals surface area contributed by atoms with E-state index in [9.17, 15) is 18.0 Å². The van der Waals surface area contributed by atoms with Gasteiger partial charge < -0.3 is 10.7 Å². The highest BCUT2D eigenvalue weighted by molar-refractivity contribution is 6.31. The van der Waals surface area contributed by atoms with Gasteiger partial charge in [0.1, 0.15) is 29.1 Å². The molecule has 0 saturated carbocycles. The first-order valence-corrected chi connectivity index (χ1v) is 6.31. The maximum absolute atomic E-state index is 13.0. The highest BCUT2D eigenvalue weighted by Gasteiger charge is 2.34. The molecule has 5 nitrogen and oxygen atoms in total. The Labute approximate surface area is 132 Å². The van der Waals surface area contributed by atoms with Crippen LogP contribution in [0.1, 0.15) is 16.7 Å². The van der Waals surface area contributed by atoms with Gasteiger partial charge in [0.15, 0.2) is 0 Å². The van der Waals surface area contributed by atoms with E-state index in [2.05, 4.69) is 4.98 Å². The van der Waals surface area contributed by atoms with Crippen molar-refractivity contribution in [3.8, 4) is 23.3 Å². The molecular formula is C14H6ClF3N4O. The first kappa shape index (κ1) is 16.4. The molecule has 0 saturated heterocycles. The molecule has 0 radical (unpaired) electrons. The number of nitriles is 2. The van der Waals surface area contributed by atoms with Crippen LogP contribution in [-0.2, 0) is 6.18 Å². The second kappa shape index (κ2) is 5.67. The number of pyridine rings is 1. The summed E-state index contributed by atoms with van der Waals surface area (Å²) >= 11 is 5.54. The normalized spacial score (nSPS) is 10.9. The van der Waals surface area contributed by atoms with E-state index >= 15 is 0 Å². The summed E-state index contributed by atoms with van der Waals surface area (Å²) in [7, 11) is 0. The highest BCUT2D eigenvalue weighted by atomic mass is 35.5. The van der Waals surface area contributed by atoms with Crippen LogP contribution >= 0.6 is 11.6 Å². The lowest BCUT2D eigenvalue weighted by atomic mass is 9.95. The van der Waals surface area contributed by atoms with Gasteiger partial charge in [-0.15, -0.1) is 0 Å². The Kier molecular flexibility index (Phi) is 4.04. The molecule has 1 aromatic carbocycles. The lowest BCUT2D eigenvalue weighted by Gasteiger charge is -2.13. The summed E-state index contributed by atoms with van der Waals surface area (Å²) in [6, 6.07) is 6.06. The van der Waals surface area contributed by atoms with Gasteiger partial charge in [0.2, 0.25) is 0 Å². The van der Waals surface area contributed by atoms with Crippen LogP contribution in [-0.4, -0.2) is 4.98 Å². The predicted molar refractivity (Wildman–Crippen MR) is 76.4 cm³/mol. The van der Waals surface area contributed by atoms with Gasteiger partial charge in [-0.05, 0) is 17.7 Å². The fraction of sp³-hybridized carbons (Fsp3) is 0.0714. The molecule has 3 N–H and O–H groups in total. The summed E-state index contributed by atoms with van der Waals surface area (Å²) in [6.45, 7) is 0. The zero-order valence-corrected chi connectivity index (χ0v) is 11.9. The molecule has 2 rings (SSSR count). The molecule has 0 aliphatic rings. The van der Waals surface area contributed by atoms with Gasteiger partial charge in [-0.1, -0.05) is 17.7 Å². The van der Waals surface area contributed by atoms with Crippen LogP contribution in [0.3, 0.4) is 0 Å². The summed E-state index contributed by atoms with van der Waals surface area (Å²) in [4.78, 5) is 13.9. The quantitative estimate of drug-likeness (QED) is 0.833. The minimum absolute atomic E-state index is 0.160. The van der Waals surface area contributed by atoms with Crippen molar-refractivity contribution in [1.29, 1.82) is 10.5 Å². The molecule has 0 fully saturated rings. The molecule has 2 aromatic rings. The number of nitrogens with two attached hydrogens (primary N) is 1. The highest BCUT2D eigenvalue weighted by Crippen LogP contribution is 2.38. The van der Waals surface area contributed by atoms with Crippen molar-refractivity contribution in [2.45, 2.75) is 6.18 Å². The van der Waals surface area contributed by atoms with Crippen molar-refractivity contribution in [3.05, 3.63) is 50.3 Å². The van der Waals surface area contributed by atoms with E-state index in [4.69, 9.17) is 27.9 Å². The van der Waals surface area contributed by atoms with Gasteiger partial charge >= 0.3 is 6.18 Å². The van der Waals surface area contributed by atoms with Gasteiger partial charge in [0, 0.05) is 5.56 Å². The molecule has 116 valence electrons. The number of nitrogens with zero attached hydrogens (tertiary/aromatic N) is 2. The maximum atomic E-state index is 13.0. The fourth-order valence-corrected chi connectivity index (χ4v) is 2.25. The van der Waals surface area contributed by atoms with Crippen LogP contribution in [0.25, 0.3) is 11.1 Å². The summed E-state index contributed by atoms with van der Waals surface area (Å²) < 4.78 is 38.9. The SMILES string of the molecule is N#Cc1c(N)[nH]c(=O)c(C#N)c1-c1ccc(Cl)c(C(F)(F)F)c1. The predicted octanol–water partition coefficient (Wildman–Crippen LogP) is 3.04. The van der Waals surface area contributed by atoms with Crippen molar-refractivity contribution in [2.75, 3.05) is 5.73 Å². The lowest BCUT2D eigenvalue weighted by Crippen LogP contribution is -2.16. The zero-order chi connectivity index (χ0) is 17.4. The van der Waals surface area contributed by atoms with Crippen molar-refractivity contribution >= 4 is 17.4 Å². The third kappa shape index (κ3) is 2.85. The Bertz CT molecular complexity index is 935. The molecule has 0 aliphatic heterocycles. The molecule has 23 heavy (non-hydrogen) atoms. The number of halogens is 4. The number of rotatable bonds is 1. The number of nitrogen functional groups attached to an aromatic ring is 1. The van der Waals surface area contributed by atoms with E-state index in [1.165, 1.54) is 6.07 Å². The van der Waals surface area contributed by atoms with Crippen LogP contribution in [0.15, 0.2) is 23.0 Å². The topological polar surface area (TPSA) is 106 Å². The molecular weight excluding hydrogens is 333 g/mol. The summed E-state index contributed by atoms with van der Waals surface area (Å²) in [5.41, 5.74) is 2.23. The van der Waals surface area contributed by atoms with Gasteiger partial charge in [0.25, 0.3) is 5.56 Å². The standard InChI is InChI=1S/C14H6ClF3N4O/c15-10-2-1-6(3-9(10)14(16,17)18)11-7(4-19)12(21)22-13(23)8(11)5-20/h1-3H,(H3,21,22,23). The molecule has 0 bridgehead atoms. The molecule has 0 atom stereocenters. The van der Waals surface area contributed by atoms with Crippen LogP contribution in [0.4, 0.5) is 19.0 Å². The lowest BCUT2D eigenvalue weighted by molar-refractivity contribution is -0.137. The molecule has 0 aliphatic carbocycles. The van der Waals surface area contributed by atoms with Crippen LogP contribution in [0, 0.1) is 22.7 Å². The molecule has 0 amide bonds. The van der Waals surface area contributed by atoms with Gasteiger partial charge in [-0.2, -0.15) is 23.7 Å². The average Bonchev–Trinajstić information content (AvgIpc) is 2.46. The van der Waals surface area contributed by atoms with Crippen molar-refractivity contribution < 1.29 is 13.2 Å². The first-order valence-electron chi connectivity index (χ1n) is 5.93. The van der Waals surface area contributed by atoms with E-state index in [1.807, 2.05) is 0 Å². The third-order valence-corrected chi connectivity index (χ3v) is 3.36. The third-order valence-electron chi connectivity index (χ3n) is 3.03. The number of anilines is 1. The van der Waals surface area contributed by atoms with Crippen molar-refractivity contribution in [1.82, 2.24) is 4.98 Å². The number of aromatic amines is 1. The Morgan fingerprint density at radius 1 is 1.17 bits per heavy atom. The minimum atomic E-state index is -4.74. The first-order chi connectivity index (χ1) is 10.7. The fourth-order valence-electron chi connectivity index (χ4n) is 2.03. The van der Waals surface area contributed by atoms with E-state index in [0.717, 1.165) is 6.07 Å². The van der Waals surface area contributed by atoms with Crippen molar-refractivity contribution in [2.24, 2.45) is 0 Å². The van der Waals surface area contributed by atoms with E-state index in [-0.39, 0.29) is 22.5 Å². The number of hydrogen-bond acceptors (Lipinski definition) is 4. The summed E-state index contributed by atoms with van der Waals surface area (Å²) in [6.07, 6.45) is -4.74. The summed E-state index contributed by atoms with van der Waals surface area (Å²) in [5, 5.41) is 17.7. The second-order valence-corrected chi connectivity index (χ2v) is 4.82. The van der Waals surface area contributed by atoms with E-state index in [1.54, 1.807) is 12.1 Å². The number of hydrogen-bond donors (Lipinski definition) is 2. The Hall–Kier alpha value is -2.97. The van der Waals surface area contributed by atoms with Gasteiger partial charge in [0.05, 0.1) is 10.6 Å².